The highest BCUT2D eigenvalue weighted by atomic mass is 16.7. The summed E-state index contributed by atoms with van der Waals surface area (Å²) in [6, 6.07) is 0. The molecular formula is C14H26O9. The van der Waals surface area contributed by atoms with Crippen molar-refractivity contribution in [1.29, 1.82) is 0 Å². The van der Waals surface area contributed by atoms with Gasteiger partial charge in [0, 0.05) is 20.6 Å². The van der Waals surface area contributed by atoms with E-state index in [0.29, 0.717) is 0 Å². The number of hydrogen-bond donors (Lipinski definition) is 4. The Kier molecular flexibility index (Phi) is 6.72. The van der Waals surface area contributed by atoms with Crippen molar-refractivity contribution in [3.05, 3.63) is 0 Å². The lowest BCUT2D eigenvalue weighted by atomic mass is 9.98. The number of ether oxygens (including phenoxy) is 5. The summed E-state index contributed by atoms with van der Waals surface area (Å²) in [5, 5.41) is 39.4. The van der Waals surface area contributed by atoms with Crippen molar-refractivity contribution in [3.63, 3.8) is 0 Å². The molecule has 2 rings (SSSR count). The predicted molar refractivity (Wildman–Crippen MR) is 75.4 cm³/mol. The van der Waals surface area contributed by atoms with Gasteiger partial charge in [-0.25, -0.2) is 0 Å². The summed E-state index contributed by atoms with van der Waals surface area (Å²) in [6.07, 6.45) is -8.01. The van der Waals surface area contributed by atoms with Gasteiger partial charge in [-0.15, -0.1) is 0 Å². The maximum absolute atomic E-state index is 10.3. The van der Waals surface area contributed by atoms with E-state index < -0.39 is 61.9 Å². The first kappa shape index (κ1) is 19.0. The van der Waals surface area contributed by atoms with Crippen LogP contribution in [-0.4, -0.2) is 96.6 Å². The fourth-order valence-electron chi connectivity index (χ4n) is 2.86. The van der Waals surface area contributed by atoms with E-state index in [-0.39, 0.29) is 6.42 Å². The molecule has 2 aliphatic rings. The zero-order chi connectivity index (χ0) is 17.1. The molecule has 0 radical (unpaired) electrons. The second kappa shape index (κ2) is 8.15. The minimum Gasteiger partial charge on any atom is -0.394 e. The quantitative estimate of drug-likeness (QED) is 0.419. The van der Waals surface area contributed by atoms with Crippen LogP contribution in [0.3, 0.4) is 0 Å². The Morgan fingerprint density at radius 1 is 0.957 bits per heavy atom. The minimum absolute atomic E-state index is 0.0972. The molecule has 4 N–H and O–H groups in total. The van der Waals surface area contributed by atoms with Crippen LogP contribution in [0.2, 0.25) is 0 Å². The Morgan fingerprint density at radius 3 is 2.22 bits per heavy atom. The van der Waals surface area contributed by atoms with Crippen LogP contribution in [0.25, 0.3) is 0 Å². The zero-order valence-electron chi connectivity index (χ0n) is 13.4. The third kappa shape index (κ3) is 4.01. The molecular weight excluding hydrogens is 313 g/mol. The van der Waals surface area contributed by atoms with Crippen LogP contribution in [0.4, 0.5) is 0 Å². The van der Waals surface area contributed by atoms with Crippen molar-refractivity contribution >= 4 is 0 Å². The van der Waals surface area contributed by atoms with Gasteiger partial charge in [0.05, 0.1) is 18.8 Å². The average Bonchev–Trinajstić information content (AvgIpc) is 2.53. The van der Waals surface area contributed by atoms with Gasteiger partial charge in [0.25, 0.3) is 0 Å². The summed E-state index contributed by atoms with van der Waals surface area (Å²) in [7, 11) is 2.82. The molecule has 0 aromatic carbocycles. The Morgan fingerprint density at radius 2 is 1.65 bits per heavy atom. The normalized spacial score (nSPS) is 48.4. The lowest BCUT2D eigenvalue weighted by Crippen LogP contribution is -2.62. The van der Waals surface area contributed by atoms with E-state index in [1.807, 2.05) is 0 Å². The van der Waals surface area contributed by atoms with E-state index in [0.717, 1.165) is 0 Å². The molecule has 0 aromatic rings. The minimum atomic E-state index is -1.20. The highest BCUT2D eigenvalue weighted by Crippen LogP contribution is 2.30. The summed E-state index contributed by atoms with van der Waals surface area (Å²) < 4.78 is 27.0. The Hall–Kier alpha value is -0.360. The summed E-state index contributed by atoms with van der Waals surface area (Å²) in [4.78, 5) is 0. The smallest absolute Gasteiger partial charge is 0.186 e. The van der Waals surface area contributed by atoms with Crippen LogP contribution in [0.15, 0.2) is 0 Å². The molecule has 2 fully saturated rings. The van der Waals surface area contributed by atoms with Crippen molar-refractivity contribution in [3.8, 4) is 0 Å². The number of rotatable bonds is 5. The van der Waals surface area contributed by atoms with Gasteiger partial charge in [0.2, 0.25) is 0 Å². The van der Waals surface area contributed by atoms with Crippen LogP contribution in [0, 0.1) is 0 Å². The molecule has 0 aliphatic carbocycles. The molecule has 2 heterocycles. The maximum Gasteiger partial charge on any atom is 0.186 e. The molecule has 0 amide bonds. The molecule has 136 valence electrons. The van der Waals surface area contributed by atoms with Gasteiger partial charge < -0.3 is 44.1 Å². The van der Waals surface area contributed by atoms with Crippen LogP contribution in [-0.2, 0) is 23.7 Å². The monoisotopic (exact) mass is 339 g/mol. The topological polar surface area (TPSA) is 127 Å². The summed E-state index contributed by atoms with van der Waals surface area (Å²) in [6.45, 7) is 1.23. The molecule has 2 saturated heterocycles. The highest BCUT2D eigenvalue weighted by molar-refractivity contribution is 4.92. The lowest BCUT2D eigenvalue weighted by Gasteiger charge is -2.45. The van der Waals surface area contributed by atoms with Crippen molar-refractivity contribution in [2.75, 3.05) is 20.8 Å². The lowest BCUT2D eigenvalue weighted by molar-refractivity contribution is -0.347. The molecule has 0 spiro atoms. The summed E-state index contributed by atoms with van der Waals surface area (Å²) in [5.41, 5.74) is 0. The van der Waals surface area contributed by atoms with E-state index in [4.69, 9.17) is 23.7 Å². The SMILES string of the molecule is CO[C@H]1O[C@H](CO)[C@@H](O)[C@H](O[C@H]2O[C@H](C)[C@H](O)C[C@H]2O)[C@@H]1O[13CH3]. The van der Waals surface area contributed by atoms with Crippen molar-refractivity contribution < 1.29 is 44.1 Å². The Bertz CT molecular complexity index is 368. The molecule has 2 aliphatic heterocycles. The molecule has 9 atom stereocenters. The first-order valence-electron chi connectivity index (χ1n) is 7.60. The number of methoxy groups -OCH3 is 2. The average molecular weight is 339 g/mol. The van der Waals surface area contributed by atoms with Gasteiger partial charge in [0.1, 0.15) is 30.5 Å². The summed E-state index contributed by atoms with van der Waals surface area (Å²) in [5.74, 6) is 0. The van der Waals surface area contributed by atoms with Crippen LogP contribution < -0.4 is 0 Å². The van der Waals surface area contributed by atoms with E-state index in [1.54, 1.807) is 6.92 Å². The van der Waals surface area contributed by atoms with E-state index in [2.05, 4.69) is 0 Å². The summed E-state index contributed by atoms with van der Waals surface area (Å²) >= 11 is 0. The maximum atomic E-state index is 10.3. The molecule has 23 heavy (non-hydrogen) atoms. The highest BCUT2D eigenvalue weighted by Gasteiger charge is 2.49. The third-order valence-electron chi connectivity index (χ3n) is 4.28. The van der Waals surface area contributed by atoms with Crippen molar-refractivity contribution in [1.82, 2.24) is 0 Å². The van der Waals surface area contributed by atoms with Gasteiger partial charge in [-0.1, -0.05) is 0 Å². The Labute approximate surface area is 134 Å². The van der Waals surface area contributed by atoms with E-state index >= 15 is 0 Å². The second-order valence-electron chi connectivity index (χ2n) is 5.83. The first-order chi connectivity index (χ1) is 10.9. The molecule has 0 saturated carbocycles. The van der Waals surface area contributed by atoms with Crippen molar-refractivity contribution in [2.45, 2.75) is 68.7 Å². The van der Waals surface area contributed by atoms with E-state index in [1.165, 1.54) is 14.2 Å². The largest absolute Gasteiger partial charge is 0.394 e. The molecule has 0 aromatic heterocycles. The van der Waals surface area contributed by atoms with Gasteiger partial charge in [-0.2, -0.15) is 0 Å². The fraction of sp³-hybridized carbons (Fsp3) is 1.00. The standard InChI is InChI=1S/C14H26O9/c1-6-7(16)4-8(17)13(21-6)23-11-10(18)9(5-15)22-14(20-3)12(11)19-2/h6-18H,4-5H2,1-3H3/t6-,7-,8-,9-,10-,11+,12+,13-,14+/m1/s1/i2+1. The van der Waals surface area contributed by atoms with Gasteiger partial charge in [0.15, 0.2) is 12.6 Å². The molecule has 0 unspecified atom stereocenters. The third-order valence-corrected chi connectivity index (χ3v) is 4.28. The molecule has 9 heteroatoms. The van der Waals surface area contributed by atoms with Crippen LogP contribution in [0.1, 0.15) is 13.3 Å². The van der Waals surface area contributed by atoms with Gasteiger partial charge >= 0.3 is 0 Å². The molecule has 9 nitrogen and oxygen atoms in total. The van der Waals surface area contributed by atoms with Gasteiger partial charge in [-0.05, 0) is 6.92 Å². The second-order valence-corrected chi connectivity index (χ2v) is 5.83. The zero-order valence-corrected chi connectivity index (χ0v) is 13.4. The van der Waals surface area contributed by atoms with Crippen LogP contribution in [0.5, 0.6) is 0 Å². The molecule has 0 bridgehead atoms. The van der Waals surface area contributed by atoms with Crippen molar-refractivity contribution in [2.24, 2.45) is 0 Å². The number of aliphatic hydroxyl groups is 4. The Balaban J connectivity index is 2.13. The fourth-order valence-corrected chi connectivity index (χ4v) is 2.86. The number of aliphatic hydroxyl groups excluding tert-OH is 4. The van der Waals surface area contributed by atoms with Gasteiger partial charge in [-0.3, -0.25) is 0 Å². The van der Waals surface area contributed by atoms with E-state index in [9.17, 15) is 20.4 Å². The first-order valence-corrected chi connectivity index (χ1v) is 7.60. The van der Waals surface area contributed by atoms with Crippen LogP contribution >= 0.6 is 0 Å². The number of hydrogen-bond acceptors (Lipinski definition) is 9. The predicted octanol–water partition coefficient (Wildman–Crippen LogP) is -2.03.